The highest BCUT2D eigenvalue weighted by Crippen LogP contribution is 2.17. The van der Waals surface area contributed by atoms with E-state index in [1.165, 1.54) is 6.20 Å². The van der Waals surface area contributed by atoms with E-state index < -0.39 is 5.54 Å². The Morgan fingerprint density at radius 3 is 2.67 bits per heavy atom. The highest BCUT2D eigenvalue weighted by molar-refractivity contribution is 6.33. The molecule has 1 aromatic rings. The molecule has 1 aromatic heterocycles. The molecule has 1 rings (SSSR count). The van der Waals surface area contributed by atoms with Gasteiger partial charge in [-0.25, -0.2) is 9.97 Å². The normalized spacial score (nSPS) is 11.7. The van der Waals surface area contributed by atoms with Gasteiger partial charge < -0.3 is 11.1 Å². The predicted molar refractivity (Wildman–Crippen MR) is 71.7 cm³/mol. The minimum atomic E-state index is -0.497. The summed E-state index contributed by atoms with van der Waals surface area (Å²) in [6.07, 6.45) is 1.45. The second-order valence-corrected chi connectivity index (χ2v) is 5.53. The molecule has 0 aliphatic heterocycles. The molecule has 0 saturated carbocycles. The third-order valence-electron chi connectivity index (χ3n) is 2.46. The van der Waals surface area contributed by atoms with Crippen molar-refractivity contribution in [3.8, 4) is 0 Å². The summed E-state index contributed by atoms with van der Waals surface area (Å²) in [5.74, 6) is 0.395. The van der Waals surface area contributed by atoms with E-state index in [0.29, 0.717) is 12.4 Å². The highest BCUT2D eigenvalue weighted by Gasteiger charge is 2.22. The minimum Gasteiger partial charge on any atom is -0.345 e. The summed E-state index contributed by atoms with van der Waals surface area (Å²) in [6.45, 7) is 7.91. The molecule has 0 saturated heterocycles. The Hall–Kier alpha value is -1.20. The van der Waals surface area contributed by atoms with Crippen LogP contribution in [0, 0.1) is 0 Å². The van der Waals surface area contributed by atoms with Crippen molar-refractivity contribution in [2.24, 2.45) is 5.73 Å². The Bertz CT molecular complexity index is 446. The van der Waals surface area contributed by atoms with Crippen molar-refractivity contribution >= 4 is 17.5 Å². The van der Waals surface area contributed by atoms with Gasteiger partial charge in [-0.3, -0.25) is 4.79 Å². The summed E-state index contributed by atoms with van der Waals surface area (Å²) in [4.78, 5) is 20.4. The predicted octanol–water partition coefficient (Wildman–Crippen LogP) is 1.72. The SMILES string of the molecule is CC(C)c1ncc(Cl)c(C(=O)NC(C)(C)CN)n1. The molecule has 0 aliphatic carbocycles. The topological polar surface area (TPSA) is 80.9 Å². The summed E-state index contributed by atoms with van der Waals surface area (Å²) >= 11 is 5.95. The molecule has 0 unspecified atom stereocenters. The summed E-state index contributed by atoms with van der Waals surface area (Å²) < 4.78 is 0. The number of nitrogens with one attached hydrogen (secondary N) is 1. The standard InChI is InChI=1S/C12H19ClN4O/c1-7(2)10-15-5-8(13)9(16-10)11(18)17-12(3,4)6-14/h5,7H,6,14H2,1-4H3,(H,17,18). The van der Waals surface area contributed by atoms with Gasteiger partial charge >= 0.3 is 0 Å². The number of hydrogen-bond donors (Lipinski definition) is 2. The maximum absolute atomic E-state index is 12.1. The van der Waals surface area contributed by atoms with Gasteiger partial charge in [-0.15, -0.1) is 0 Å². The first-order valence-corrected chi connectivity index (χ1v) is 6.19. The highest BCUT2D eigenvalue weighted by atomic mass is 35.5. The van der Waals surface area contributed by atoms with E-state index >= 15 is 0 Å². The Kier molecular flexibility index (Phi) is 4.65. The number of nitrogens with zero attached hydrogens (tertiary/aromatic N) is 2. The molecular weight excluding hydrogens is 252 g/mol. The van der Waals surface area contributed by atoms with Crippen LogP contribution >= 0.6 is 11.6 Å². The zero-order valence-corrected chi connectivity index (χ0v) is 11.9. The lowest BCUT2D eigenvalue weighted by atomic mass is 10.1. The van der Waals surface area contributed by atoms with Gasteiger partial charge in [0.25, 0.3) is 5.91 Å². The lowest BCUT2D eigenvalue weighted by Crippen LogP contribution is -2.49. The second-order valence-electron chi connectivity index (χ2n) is 5.12. The monoisotopic (exact) mass is 270 g/mol. The third kappa shape index (κ3) is 3.65. The summed E-state index contributed by atoms with van der Waals surface area (Å²) in [5, 5.41) is 3.03. The summed E-state index contributed by atoms with van der Waals surface area (Å²) in [7, 11) is 0. The molecule has 100 valence electrons. The van der Waals surface area contributed by atoms with Crippen LogP contribution in [0.4, 0.5) is 0 Å². The molecule has 6 heteroatoms. The van der Waals surface area contributed by atoms with E-state index in [2.05, 4.69) is 15.3 Å². The quantitative estimate of drug-likeness (QED) is 0.873. The average Bonchev–Trinajstić information content (AvgIpc) is 2.28. The Morgan fingerprint density at radius 2 is 2.17 bits per heavy atom. The first-order valence-electron chi connectivity index (χ1n) is 5.82. The second kappa shape index (κ2) is 5.63. The maximum Gasteiger partial charge on any atom is 0.272 e. The molecule has 0 atom stereocenters. The first kappa shape index (κ1) is 14.9. The number of amides is 1. The molecule has 3 N–H and O–H groups in total. The van der Waals surface area contributed by atoms with Gasteiger partial charge in [0, 0.05) is 18.0 Å². The molecule has 0 spiro atoms. The van der Waals surface area contributed by atoms with Crippen molar-refractivity contribution in [1.82, 2.24) is 15.3 Å². The van der Waals surface area contributed by atoms with Crippen LogP contribution in [0.1, 0.15) is 49.9 Å². The fourth-order valence-electron chi connectivity index (χ4n) is 1.24. The van der Waals surface area contributed by atoms with E-state index in [4.69, 9.17) is 17.3 Å². The Balaban J connectivity index is 3.02. The summed E-state index contributed by atoms with van der Waals surface area (Å²) in [5.41, 5.74) is 5.26. The van der Waals surface area contributed by atoms with Crippen LogP contribution < -0.4 is 11.1 Å². The van der Waals surface area contributed by atoms with E-state index in [-0.39, 0.29) is 22.5 Å². The van der Waals surface area contributed by atoms with Crippen LogP contribution in [0.15, 0.2) is 6.20 Å². The van der Waals surface area contributed by atoms with Crippen LogP contribution in [0.3, 0.4) is 0 Å². The average molecular weight is 271 g/mol. The van der Waals surface area contributed by atoms with E-state index in [1.54, 1.807) is 0 Å². The van der Waals surface area contributed by atoms with Gasteiger partial charge in [-0.1, -0.05) is 25.4 Å². The Labute approximate surface area is 112 Å². The molecule has 0 aromatic carbocycles. The fraction of sp³-hybridized carbons (Fsp3) is 0.583. The Morgan fingerprint density at radius 1 is 1.56 bits per heavy atom. The van der Waals surface area contributed by atoms with Crippen molar-refractivity contribution in [3.63, 3.8) is 0 Å². The number of carbonyl (C=O) groups is 1. The zero-order valence-electron chi connectivity index (χ0n) is 11.1. The number of halogens is 1. The maximum atomic E-state index is 12.1. The molecule has 1 amide bonds. The number of hydrogen-bond acceptors (Lipinski definition) is 4. The van der Waals surface area contributed by atoms with E-state index in [9.17, 15) is 4.79 Å². The number of carbonyl (C=O) groups excluding carboxylic acids is 1. The van der Waals surface area contributed by atoms with Crippen molar-refractivity contribution in [3.05, 3.63) is 22.7 Å². The van der Waals surface area contributed by atoms with Crippen LogP contribution in [0.2, 0.25) is 5.02 Å². The van der Waals surface area contributed by atoms with Gasteiger partial charge in [0.05, 0.1) is 11.2 Å². The summed E-state index contributed by atoms with van der Waals surface area (Å²) in [6, 6.07) is 0. The van der Waals surface area contributed by atoms with E-state index in [1.807, 2.05) is 27.7 Å². The van der Waals surface area contributed by atoms with Gasteiger partial charge in [-0.05, 0) is 13.8 Å². The van der Waals surface area contributed by atoms with Crippen LogP contribution in [0.5, 0.6) is 0 Å². The molecule has 0 aliphatic rings. The van der Waals surface area contributed by atoms with Gasteiger partial charge in [0.1, 0.15) is 11.5 Å². The van der Waals surface area contributed by atoms with Gasteiger partial charge in [0.2, 0.25) is 0 Å². The first-order chi connectivity index (χ1) is 8.26. The number of rotatable bonds is 4. The van der Waals surface area contributed by atoms with Crippen LogP contribution in [0.25, 0.3) is 0 Å². The lowest BCUT2D eigenvalue weighted by Gasteiger charge is -2.24. The smallest absolute Gasteiger partial charge is 0.272 e. The third-order valence-corrected chi connectivity index (χ3v) is 2.73. The minimum absolute atomic E-state index is 0.135. The van der Waals surface area contributed by atoms with Gasteiger partial charge in [-0.2, -0.15) is 0 Å². The number of nitrogens with two attached hydrogens (primary N) is 1. The molecule has 18 heavy (non-hydrogen) atoms. The lowest BCUT2D eigenvalue weighted by molar-refractivity contribution is 0.0910. The molecule has 0 bridgehead atoms. The van der Waals surface area contributed by atoms with Crippen molar-refractivity contribution in [2.75, 3.05) is 6.54 Å². The van der Waals surface area contributed by atoms with Crippen molar-refractivity contribution < 1.29 is 4.79 Å². The molecule has 1 heterocycles. The van der Waals surface area contributed by atoms with Crippen LogP contribution in [-0.2, 0) is 0 Å². The molecule has 0 radical (unpaired) electrons. The van der Waals surface area contributed by atoms with Gasteiger partial charge in [0.15, 0.2) is 0 Å². The van der Waals surface area contributed by atoms with Crippen molar-refractivity contribution in [2.45, 2.75) is 39.2 Å². The molecule has 0 fully saturated rings. The number of aromatic nitrogens is 2. The van der Waals surface area contributed by atoms with Crippen molar-refractivity contribution in [1.29, 1.82) is 0 Å². The largest absolute Gasteiger partial charge is 0.345 e. The fourth-order valence-corrected chi connectivity index (χ4v) is 1.41. The van der Waals surface area contributed by atoms with Crippen LogP contribution in [-0.4, -0.2) is 28.0 Å². The molecule has 5 nitrogen and oxygen atoms in total. The molecular formula is C12H19ClN4O. The zero-order chi connectivity index (χ0) is 13.9. The van der Waals surface area contributed by atoms with E-state index in [0.717, 1.165) is 0 Å².